The summed E-state index contributed by atoms with van der Waals surface area (Å²) in [6.45, 7) is 3.68. The SMILES string of the molecule is Cc1cnc(C(=O)N2CCC3(CCCCC3)C2)cn1. The minimum absolute atomic E-state index is 0.0509. The number of likely N-dealkylation sites (tertiary alicyclic amines) is 1. The first-order chi connectivity index (χ1) is 9.19. The Hall–Kier alpha value is -1.45. The lowest BCUT2D eigenvalue weighted by atomic mass is 9.73. The van der Waals surface area contributed by atoms with Gasteiger partial charge in [-0.05, 0) is 31.6 Å². The molecule has 4 heteroatoms. The molecule has 1 spiro atoms. The Labute approximate surface area is 114 Å². The summed E-state index contributed by atoms with van der Waals surface area (Å²) in [6.07, 6.45) is 11.0. The van der Waals surface area contributed by atoms with Crippen molar-refractivity contribution >= 4 is 5.91 Å². The smallest absolute Gasteiger partial charge is 0.274 e. The molecule has 1 aromatic heterocycles. The normalized spacial score (nSPS) is 21.8. The molecule has 1 aliphatic heterocycles. The average molecular weight is 259 g/mol. The molecule has 4 nitrogen and oxygen atoms in total. The summed E-state index contributed by atoms with van der Waals surface area (Å²) in [6, 6.07) is 0. The van der Waals surface area contributed by atoms with Crippen LogP contribution in [0.1, 0.15) is 54.7 Å². The van der Waals surface area contributed by atoms with E-state index in [0.29, 0.717) is 11.1 Å². The molecule has 19 heavy (non-hydrogen) atoms. The Kier molecular flexibility index (Phi) is 3.25. The Morgan fingerprint density at radius 1 is 1.16 bits per heavy atom. The number of rotatable bonds is 1. The van der Waals surface area contributed by atoms with E-state index in [-0.39, 0.29) is 5.91 Å². The molecule has 2 fully saturated rings. The quantitative estimate of drug-likeness (QED) is 0.778. The van der Waals surface area contributed by atoms with Gasteiger partial charge >= 0.3 is 0 Å². The van der Waals surface area contributed by atoms with Gasteiger partial charge in [0.25, 0.3) is 5.91 Å². The van der Waals surface area contributed by atoms with Crippen LogP contribution in [0.4, 0.5) is 0 Å². The van der Waals surface area contributed by atoms with Gasteiger partial charge in [0.1, 0.15) is 5.69 Å². The van der Waals surface area contributed by atoms with E-state index in [2.05, 4.69) is 9.97 Å². The molecule has 1 aliphatic carbocycles. The lowest BCUT2D eigenvalue weighted by molar-refractivity contribution is 0.0752. The molecule has 1 amide bonds. The van der Waals surface area contributed by atoms with Crippen molar-refractivity contribution in [2.24, 2.45) is 5.41 Å². The summed E-state index contributed by atoms with van der Waals surface area (Å²) in [5.74, 6) is 0.0509. The minimum Gasteiger partial charge on any atom is -0.337 e. The fourth-order valence-electron chi connectivity index (χ4n) is 3.48. The van der Waals surface area contributed by atoms with E-state index in [1.807, 2.05) is 11.8 Å². The number of carbonyl (C=O) groups is 1. The van der Waals surface area contributed by atoms with Crippen molar-refractivity contribution in [3.05, 3.63) is 23.8 Å². The molecule has 1 saturated carbocycles. The topological polar surface area (TPSA) is 46.1 Å². The molecule has 0 unspecified atom stereocenters. The van der Waals surface area contributed by atoms with Crippen LogP contribution in [0.3, 0.4) is 0 Å². The highest BCUT2D eigenvalue weighted by molar-refractivity contribution is 5.92. The van der Waals surface area contributed by atoms with Gasteiger partial charge in [-0.2, -0.15) is 0 Å². The molecule has 102 valence electrons. The molecule has 2 aliphatic rings. The van der Waals surface area contributed by atoms with Crippen LogP contribution >= 0.6 is 0 Å². The second-order valence-electron chi connectivity index (χ2n) is 6.08. The minimum atomic E-state index is 0.0509. The lowest BCUT2D eigenvalue weighted by Gasteiger charge is -2.33. The zero-order valence-electron chi connectivity index (χ0n) is 11.6. The largest absolute Gasteiger partial charge is 0.337 e. The van der Waals surface area contributed by atoms with Gasteiger partial charge in [0.15, 0.2) is 0 Å². The van der Waals surface area contributed by atoms with Crippen molar-refractivity contribution < 1.29 is 4.79 Å². The fourth-order valence-corrected chi connectivity index (χ4v) is 3.48. The van der Waals surface area contributed by atoms with Crippen LogP contribution in [0.15, 0.2) is 12.4 Å². The highest BCUT2D eigenvalue weighted by Gasteiger charge is 2.40. The summed E-state index contributed by atoms with van der Waals surface area (Å²) in [4.78, 5) is 22.8. The summed E-state index contributed by atoms with van der Waals surface area (Å²) in [7, 11) is 0. The second-order valence-corrected chi connectivity index (χ2v) is 6.08. The first kappa shape index (κ1) is 12.6. The van der Waals surface area contributed by atoms with E-state index in [9.17, 15) is 4.79 Å². The summed E-state index contributed by atoms with van der Waals surface area (Å²) < 4.78 is 0. The molecule has 1 aromatic rings. The van der Waals surface area contributed by atoms with Crippen LogP contribution < -0.4 is 0 Å². The van der Waals surface area contributed by atoms with Gasteiger partial charge < -0.3 is 4.90 Å². The molecule has 2 heterocycles. The third-order valence-corrected chi connectivity index (χ3v) is 4.64. The van der Waals surface area contributed by atoms with Gasteiger partial charge in [0.05, 0.1) is 11.9 Å². The first-order valence-electron chi connectivity index (χ1n) is 7.27. The molecule has 1 saturated heterocycles. The lowest BCUT2D eigenvalue weighted by Crippen LogP contribution is -2.33. The van der Waals surface area contributed by atoms with Gasteiger partial charge in [0.2, 0.25) is 0 Å². The van der Waals surface area contributed by atoms with Gasteiger partial charge in [-0.25, -0.2) is 4.98 Å². The van der Waals surface area contributed by atoms with Crippen molar-refractivity contribution in [3.8, 4) is 0 Å². The van der Waals surface area contributed by atoms with E-state index in [1.165, 1.54) is 32.1 Å². The van der Waals surface area contributed by atoms with Crippen molar-refractivity contribution in [2.75, 3.05) is 13.1 Å². The number of carbonyl (C=O) groups excluding carboxylic acids is 1. The summed E-state index contributed by atoms with van der Waals surface area (Å²) >= 11 is 0. The highest BCUT2D eigenvalue weighted by Crippen LogP contribution is 2.43. The zero-order chi connectivity index (χ0) is 13.3. The third-order valence-electron chi connectivity index (χ3n) is 4.64. The van der Waals surface area contributed by atoms with Gasteiger partial charge in [-0.1, -0.05) is 19.3 Å². The molecule has 0 bridgehead atoms. The van der Waals surface area contributed by atoms with Crippen LogP contribution in [-0.2, 0) is 0 Å². The Morgan fingerprint density at radius 3 is 2.63 bits per heavy atom. The van der Waals surface area contributed by atoms with E-state index >= 15 is 0 Å². The van der Waals surface area contributed by atoms with E-state index < -0.39 is 0 Å². The number of hydrogen-bond acceptors (Lipinski definition) is 3. The predicted octanol–water partition coefficient (Wildman–Crippen LogP) is 2.58. The fraction of sp³-hybridized carbons (Fsp3) is 0.667. The first-order valence-corrected chi connectivity index (χ1v) is 7.27. The van der Waals surface area contributed by atoms with Crippen LogP contribution in [-0.4, -0.2) is 33.9 Å². The Morgan fingerprint density at radius 2 is 1.95 bits per heavy atom. The monoisotopic (exact) mass is 259 g/mol. The number of hydrogen-bond donors (Lipinski definition) is 0. The second kappa shape index (κ2) is 4.91. The number of nitrogens with zero attached hydrogens (tertiary/aromatic N) is 3. The van der Waals surface area contributed by atoms with Crippen molar-refractivity contribution in [1.29, 1.82) is 0 Å². The van der Waals surface area contributed by atoms with Crippen LogP contribution in [0.5, 0.6) is 0 Å². The van der Waals surface area contributed by atoms with Crippen LogP contribution in [0, 0.1) is 12.3 Å². The molecule has 0 N–H and O–H groups in total. The molecule has 3 rings (SSSR count). The maximum Gasteiger partial charge on any atom is 0.274 e. The zero-order valence-corrected chi connectivity index (χ0v) is 11.6. The molecule has 0 radical (unpaired) electrons. The van der Waals surface area contributed by atoms with Gasteiger partial charge in [-0.3, -0.25) is 9.78 Å². The molecule has 0 atom stereocenters. The van der Waals surface area contributed by atoms with Gasteiger partial charge in [-0.15, -0.1) is 0 Å². The predicted molar refractivity (Wildman–Crippen MR) is 72.8 cm³/mol. The highest BCUT2D eigenvalue weighted by atomic mass is 16.2. The Bertz CT molecular complexity index is 463. The summed E-state index contributed by atoms with van der Waals surface area (Å²) in [5.41, 5.74) is 1.74. The average Bonchev–Trinajstić information content (AvgIpc) is 2.83. The number of aromatic nitrogens is 2. The third kappa shape index (κ3) is 2.48. The van der Waals surface area contributed by atoms with E-state index in [0.717, 1.165) is 25.2 Å². The van der Waals surface area contributed by atoms with E-state index in [1.54, 1.807) is 12.4 Å². The van der Waals surface area contributed by atoms with Crippen molar-refractivity contribution in [3.63, 3.8) is 0 Å². The Balaban J connectivity index is 1.70. The van der Waals surface area contributed by atoms with Crippen LogP contribution in [0.25, 0.3) is 0 Å². The maximum atomic E-state index is 12.4. The standard InChI is InChI=1S/C15H21N3O/c1-12-9-17-13(10-16-12)14(19)18-8-7-15(11-18)5-3-2-4-6-15/h9-10H,2-8,11H2,1H3. The molecular weight excluding hydrogens is 238 g/mol. The van der Waals surface area contributed by atoms with Crippen molar-refractivity contribution in [2.45, 2.75) is 45.4 Å². The number of amides is 1. The van der Waals surface area contributed by atoms with Crippen LogP contribution in [0.2, 0.25) is 0 Å². The number of aryl methyl sites for hydroxylation is 1. The van der Waals surface area contributed by atoms with Gasteiger partial charge in [0, 0.05) is 19.3 Å². The molecule has 0 aromatic carbocycles. The maximum absolute atomic E-state index is 12.4. The summed E-state index contributed by atoms with van der Waals surface area (Å²) in [5, 5.41) is 0. The molecular formula is C15H21N3O. The van der Waals surface area contributed by atoms with Crippen molar-refractivity contribution in [1.82, 2.24) is 14.9 Å². The van der Waals surface area contributed by atoms with E-state index in [4.69, 9.17) is 0 Å².